The number of carbonyl (C=O) groups is 3. The number of benzene rings is 1. The van der Waals surface area contributed by atoms with Gasteiger partial charge in [-0.25, -0.2) is 9.59 Å². The average molecular weight is 449 g/mol. The third kappa shape index (κ3) is 4.48. The maximum Gasteiger partial charge on any atom is 0.407 e. The average Bonchev–Trinajstić information content (AvgIpc) is 2.58. The van der Waals surface area contributed by atoms with E-state index >= 15 is 0 Å². The van der Waals surface area contributed by atoms with E-state index in [4.69, 9.17) is 21.1 Å². The van der Waals surface area contributed by atoms with Crippen LogP contribution in [0, 0.1) is 6.92 Å². The lowest BCUT2D eigenvalue weighted by Crippen LogP contribution is -2.57. The Morgan fingerprint density at radius 1 is 1.38 bits per heavy atom. The van der Waals surface area contributed by atoms with Crippen molar-refractivity contribution in [2.24, 2.45) is 0 Å². The Balaban J connectivity index is 2.21. The summed E-state index contributed by atoms with van der Waals surface area (Å²) >= 11 is 9.38. The Kier molecular flexibility index (Phi) is 6.52. The molecule has 1 saturated heterocycles. The number of carboxylic acid groups (broad SMARTS) is 1. The number of likely N-dealkylation sites (tertiary alicyclic amines) is 1. The number of amides is 1. The van der Waals surface area contributed by atoms with E-state index in [0.29, 0.717) is 21.5 Å². The molecule has 1 heterocycles. The highest BCUT2D eigenvalue weighted by atomic mass is 79.9. The first-order valence-electron chi connectivity index (χ1n) is 7.91. The van der Waals surface area contributed by atoms with Gasteiger partial charge in [0.15, 0.2) is 0 Å². The molecule has 26 heavy (non-hydrogen) atoms. The molecule has 0 bridgehead atoms. The number of piperidine rings is 1. The number of aryl methyl sites for hydroxylation is 1. The zero-order valence-electron chi connectivity index (χ0n) is 14.4. The molecule has 1 atom stereocenters. The van der Waals surface area contributed by atoms with Crippen LogP contribution < -0.4 is 0 Å². The monoisotopic (exact) mass is 447 g/mol. The number of rotatable bonds is 4. The smallest absolute Gasteiger partial charge is 0.407 e. The zero-order chi connectivity index (χ0) is 19.5. The zero-order valence-corrected chi connectivity index (χ0v) is 16.7. The standard InChI is InChI=1S/C17H19BrClNO6/c1-10-6-12(18)13(19)7-11(10)8-14(21)26-17(15(22)25-2)4-3-5-20(9-17)16(23)24/h6-7H,3-5,8-9H2,1-2H3,(H,23,24). The van der Waals surface area contributed by atoms with Gasteiger partial charge in [0, 0.05) is 17.4 Å². The number of nitrogens with zero attached hydrogens (tertiary/aromatic N) is 1. The van der Waals surface area contributed by atoms with Crippen LogP contribution in [0.3, 0.4) is 0 Å². The molecule has 1 fully saturated rings. The lowest BCUT2D eigenvalue weighted by molar-refractivity contribution is -0.186. The Bertz CT molecular complexity index is 740. The number of ether oxygens (including phenoxy) is 2. The molecule has 0 radical (unpaired) electrons. The number of carbonyl (C=O) groups excluding carboxylic acids is 2. The summed E-state index contributed by atoms with van der Waals surface area (Å²) < 4.78 is 10.9. The molecular formula is C17H19BrClNO6. The van der Waals surface area contributed by atoms with Crippen LogP contribution in [0.15, 0.2) is 16.6 Å². The van der Waals surface area contributed by atoms with E-state index in [-0.39, 0.29) is 25.9 Å². The van der Waals surface area contributed by atoms with E-state index in [0.717, 1.165) is 10.5 Å². The molecule has 1 N–H and O–H groups in total. The maximum absolute atomic E-state index is 12.5. The highest BCUT2D eigenvalue weighted by Crippen LogP contribution is 2.29. The Morgan fingerprint density at radius 2 is 2.08 bits per heavy atom. The summed E-state index contributed by atoms with van der Waals surface area (Å²) in [6.45, 7) is 1.85. The van der Waals surface area contributed by atoms with Gasteiger partial charge in [-0.05, 0) is 52.5 Å². The normalized spacial score (nSPS) is 19.8. The number of halogens is 2. The van der Waals surface area contributed by atoms with Gasteiger partial charge >= 0.3 is 18.0 Å². The van der Waals surface area contributed by atoms with Crippen LogP contribution in [-0.4, -0.2) is 53.8 Å². The first kappa shape index (κ1) is 20.5. The summed E-state index contributed by atoms with van der Waals surface area (Å²) in [4.78, 5) is 37.1. The van der Waals surface area contributed by atoms with Crippen LogP contribution in [0.2, 0.25) is 5.02 Å². The molecule has 1 aliphatic rings. The van der Waals surface area contributed by atoms with Gasteiger partial charge in [0.2, 0.25) is 5.60 Å². The minimum absolute atomic E-state index is 0.0926. The first-order valence-corrected chi connectivity index (χ1v) is 9.08. The molecule has 142 valence electrons. The lowest BCUT2D eigenvalue weighted by Gasteiger charge is -2.38. The van der Waals surface area contributed by atoms with E-state index in [1.807, 2.05) is 6.92 Å². The number of hydrogen-bond donors (Lipinski definition) is 1. The summed E-state index contributed by atoms with van der Waals surface area (Å²) in [5, 5.41) is 9.66. The van der Waals surface area contributed by atoms with E-state index in [2.05, 4.69) is 15.9 Å². The van der Waals surface area contributed by atoms with Crippen molar-refractivity contribution in [3.63, 3.8) is 0 Å². The van der Waals surface area contributed by atoms with Crippen molar-refractivity contribution in [1.82, 2.24) is 4.90 Å². The molecule has 0 spiro atoms. The molecular weight excluding hydrogens is 430 g/mol. The second-order valence-corrected chi connectivity index (χ2v) is 7.40. The quantitative estimate of drug-likeness (QED) is 0.711. The third-order valence-corrected chi connectivity index (χ3v) is 5.50. The van der Waals surface area contributed by atoms with Gasteiger partial charge in [0.1, 0.15) is 0 Å². The minimum atomic E-state index is -1.63. The van der Waals surface area contributed by atoms with Crippen molar-refractivity contribution >= 4 is 45.6 Å². The summed E-state index contributed by atoms with van der Waals surface area (Å²) in [5.41, 5.74) is -0.134. The van der Waals surface area contributed by atoms with Gasteiger partial charge < -0.3 is 19.5 Å². The van der Waals surface area contributed by atoms with Gasteiger partial charge in [-0.15, -0.1) is 0 Å². The van der Waals surface area contributed by atoms with Crippen molar-refractivity contribution < 1.29 is 29.0 Å². The van der Waals surface area contributed by atoms with Crippen LogP contribution >= 0.6 is 27.5 Å². The molecule has 7 nitrogen and oxygen atoms in total. The van der Waals surface area contributed by atoms with Crippen molar-refractivity contribution in [2.45, 2.75) is 31.8 Å². The molecule has 0 aromatic heterocycles. The van der Waals surface area contributed by atoms with Crippen LogP contribution in [-0.2, 0) is 25.5 Å². The summed E-state index contributed by atoms with van der Waals surface area (Å²) in [6.07, 6.45) is -0.679. The molecule has 9 heteroatoms. The van der Waals surface area contributed by atoms with Crippen LogP contribution in [0.5, 0.6) is 0 Å². The van der Waals surface area contributed by atoms with Crippen LogP contribution in [0.4, 0.5) is 4.79 Å². The number of esters is 2. The minimum Gasteiger partial charge on any atom is -0.466 e. The molecule has 0 aliphatic carbocycles. The van der Waals surface area contributed by atoms with Gasteiger partial charge in [0.05, 0.1) is 25.1 Å². The third-order valence-electron chi connectivity index (χ3n) is 4.31. The molecule has 2 rings (SSSR count). The molecule has 0 saturated carbocycles. The summed E-state index contributed by atoms with van der Waals surface area (Å²) in [7, 11) is 1.18. The Labute approximate surface area is 164 Å². The highest BCUT2D eigenvalue weighted by Gasteiger charge is 2.48. The lowest BCUT2D eigenvalue weighted by atomic mass is 9.92. The summed E-state index contributed by atoms with van der Waals surface area (Å²) in [5.74, 6) is -1.41. The van der Waals surface area contributed by atoms with Crippen LogP contribution in [0.25, 0.3) is 0 Å². The first-order chi connectivity index (χ1) is 12.2. The Hall–Kier alpha value is -1.80. The largest absolute Gasteiger partial charge is 0.466 e. The predicted octanol–water partition coefficient (Wildman–Crippen LogP) is 3.18. The number of methoxy groups -OCH3 is 1. The van der Waals surface area contributed by atoms with E-state index < -0.39 is 23.6 Å². The summed E-state index contributed by atoms with van der Waals surface area (Å²) in [6, 6.07) is 3.44. The van der Waals surface area contributed by atoms with Crippen molar-refractivity contribution in [1.29, 1.82) is 0 Å². The molecule has 1 amide bonds. The molecule has 1 aromatic rings. The van der Waals surface area contributed by atoms with Crippen LogP contribution in [0.1, 0.15) is 24.0 Å². The molecule has 1 aliphatic heterocycles. The molecule has 1 aromatic carbocycles. The van der Waals surface area contributed by atoms with E-state index in [1.165, 1.54) is 7.11 Å². The van der Waals surface area contributed by atoms with Gasteiger partial charge in [-0.2, -0.15) is 0 Å². The SMILES string of the molecule is COC(=O)C1(OC(=O)Cc2cc(Cl)c(Br)cc2C)CCCN(C(=O)O)C1. The van der Waals surface area contributed by atoms with Crippen molar-refractivity contribution in [3.8, 4) is 0 Å². The molecule has 1 unspecified atom stereocenters. The predicted molar refractivity (Wildman–Crippen MR) is 97.3 cm³/mol. The van der Waals surface area contributed by atoms with Crippen molar-refractivity contribution in [3.05, 3.63) is 32.8 Å². The second-order valence-electron chi connectivity index (χ2n) is 6.14. The second kappa shape index (κ2) is 8.26. The fourth-order valence-electron chi connectivity index (χ4n) is 2.95. The fraction of sp³-hybridized carbons (Fsp3) is 0.471. The fourth-order valence-corrected chi connectivity index (χ4v) is 3.59. The van der Waals surface area contributed by atoms with Gasteiger partial charge in [-0.3, -0.25) is 4.79 Å². The number of hydrogen-bond acceptors (Lipinski definition) is 5. The van der Waals surface area contributed by atoms with E-state index in [1.54, 1.807) is 12.1 Å². The van der Waals surface area contributed by atoms with Gasteiger partial charge in [-0.1, -0.05) is 11.6 Å². The van der Waals surface area contributed by atoms with Crippen molar-refractivity contribution in [2.75, 3.05) is 20.2 Å². The van der Waals surface area contributed by atoms with E-state index in [9.17, 15) is 19.5 Å². The Morgan fingerprint density at radius 3 is 2.69 bits per heavy atom. The maximum atomic E-state index is 12.5. The highest BCUT2D eigenvalue weighted by molar-refractivity contribution is 9.10. The van der Waals surface area contributed by atoms with Gasteiger partial charge in [0.25, 0.3) is 0 Å². The topological polar surface area (TPSA) is 93.1 Å².